The number of ether oxygens (including phenoxy) is 1. The van der Waals surface area contributed by atoms with E-state index in [-0.39, 0.29) is 6.07 Å². The number of alkyl carbamates (subject to hydrolysis) is 1. The predicted octanol–water partition coefficient (Wildman–Crippen LogP) is 2.66. The number of hydrogen-bond acceptors (Lipinski definition) is 2. The first-order chi connectivity index (χ1) is 8.74. The van der Waals surface area contributed by atoms with Crippen LogP contribution in [0.25, 0.3) is 0 Å². The average molecular weight is 285 g/mol. The van der Waals surface area contributed by atoms with Crippen molar-refractivity contribution < 1.29 is 35.9 Å². The summed E-state index contributed by atoms with van der Waals surface area (Å²) in [5.41, 5.74) is -1.58. The minimum atomic E-state index is -3.92. The number of amides is 1. The third kappa shape index (κ3) is 2.20. The van der Waals surface area contributed by atoms with Crippen LogP contribution >= 0.6 is 0 Å². The number of nitrogens with one attached hydrogen (secondary N) is 1. The molecule has 1 heterocycles. The molecule has 1 aliphatic rings. The molecule has 2 rings (SSSR count). The second kappa shape index (κ2) is 4.32. The Labute approximate surface area is 102 Å². The van der Waals surface area contributed by atoms with Gasteiger partial charge in [-0.15, -0.1) is 0 Å². The zero-order chi connectivity index (χ0) is 14.4. The van der Waals surface area contributed by atoms with Gasteiger partial charge in [0.2, 0.25) is 0 Å². The topological polar surface area (TPSA) is 38.3 Å². The maximum atomic E-state index is 13.4. The van der Waals surface area contributed by atoms with Crippen LogP contribution in [0.2, 0.25) is 0 Å². The first-order valence-electron chi connectivity index (χ1n) is 4.88. The molecule has 0 saturated carbocycles. The lowest BCUT2D eigenvalue weighted by atomic mass is 9.98. The van der Waals surface area contributed by atoms with Crippen molar-refractivity contribution in [2.24, 2.45) is 0 Å². The van der Waals surface area contributed by atoms with Gasteiger partial charge in [0.05, 0.1) is 5.56 Å². The molecule has 0 aromatic heterocycles. The van der Waals surface area contributed by atoms with Crippen LogP contribution in [0.3, 0.4) is 0 Å². The molecule has 19 heavy (non-hydrogen) atoms. The van der Waals surface area contributed by atoms with Gasteiger partial charge >= 0.3 is 12.0 Å². The minimum Gasteiger partial charge on any atom is -0.443 e. The molecular weight excluding hydrogens is 280 g/mol. The molecule has 1 saturated heterocycles. The summed E-state index contributed by atoms with van der Waals surface area (Å²) in [6, 6.07) is -2.67. The highest BCUT2D eigenvalue weighted by molar-refractivity contribution is 5.69. The van der Waals surface area contributed by atoms with Crippen LogP contribution in [0.15, 0.2) is 6.07 Å². The lowest BCUT2D eigenvalue weighted by Crippen LogP contribution is -2.50. The smallest absolute Gasteiger partial charge is 0.408 e. The van der Waals surface area contributed by atoms with E-state index in [2.05, 4.69) is 4.74 Å². The molecule has 1 aromatic carbocycles. The van der Waals surface area contributed by atoms with Crippen LogP contribution in [-0.4, -0.2) is 18.6 Å². The summed E-state index contributed by atoms with van der Waals surface area (Å²) in [6.07, 6.45) is -1.38. The summed E-state index contributed by atoms with van der Waals surface area (Å²) in [4.78, 5) is 10.8. The summed E-state index contributed by atoms with van der Waals surface area (Å²) in [5, 5.41) is 1.43. The van der Waals surface area contributed by atoms with E-state index in [1.807, 2.05) is 0 Å². The lowest BCUT2D eigenvalue weighted by molar-refractivity contribution is -0.105. The van der Waals surface area contributed by atoms with Crippen LogP contribution in [-0.2, 0) is 4.74 Å². The van der Waals surface area contributed by atoms with Gasteiger partial charge in [-0.3, -0.25) is 0 Å². The van der Waals surface area contributed by atoms with Gasteiger partial charge in [0.25, 0.3) is 0 Å². The van der Waals surface area contributed by atoms with E-state index in [4.69, 9.17) is 0 Å². The fraction of sp³-hybridized carbons (Fsp3) is 0.300. The van der Waals surface area contributed by atoms with Crippen LogP contribution in [0, 0.1) is 23.3 Å². The maximum Gasteiger partial charge on any atom is 0.408 e. The number of carbonyl (C=O) groups excluding carboxylic acids is 1. The fourth-order valence-electron chi connectivity index (χ4n) is 1.64. The van der Waals surface area contributed by atoms with Crippen molar-refractivity contribution in [1.29, 1.82) is 0 Å². The standard InChI is InChI=1S/C10H5F6NO2/c11-3-1-4(12)7(14)5(6(3)13)8-10(15,16)2-19-9(18)17-8/h1,8H,2H2,(H,17,18)/t8-/m1/s1. The Morgan fingerprint density at radius 1 is 1.16 bits per heavy atom. The molecule has 0 radical (unpaired) electrons. The highest BCUT2D eigenvalue weighted by atomic mass is 19.3. The SMILES string of the molecule is O=C1N[C@H](c2c(F)c(F)cc(F)c2F)C(F)(F)CO1. The number of cyclic esters (lactones) is 1. The van der Waals surface area contributed by atoms with Gasteiger partial charge in [0, 0.05) is 6.07 Å². The van der Waals surface area contributed by atoms with E-state index < -0.39 is 53.5 Å². The quantitative estimate of drug-likeness (QED) is 0.636. The highest BCUT2D eigenvalue weighted by Crippen LogP contribution is 2.37. The first kappa shape index (κ1) is 13.5. The van der Waals surface area contributed by atoms with Crippen molar-refractivity contribution >= 4 is 6.09 Å². The largest absolute Gasteiger partial charge is 0.443 e. The van der Waals surface area contributed by atoms with Gasteiger partial charge in [0.15, 0.2) is 29.9 Å². The molecule has 1 N–H and O–H groups in total. The molecule has 0 aliphatic carbocycles. The van der Waals surface area contributed by atoms with E-state index >= 15 is 0 Å². The third-order valence-corrected chi connectivity index (χ3v) is 2.51. The van der Waals surface area contributed by atoms with Crippen molar-refractivity contribution in [2.45, 2.75) is 12.0 Å². The molecule has 1 amide bonds. The number of hydrogen-bond donors (Lipinski definition) is 1. The number of halogens is 6. The van der Waals surface area contributed by atoms with Gasteiger partial charge < -0.3 is 10.1 Å². The van der Waals surface area contributed by atoms with Gasteiger partial charge in [-0.2, -0.15) is 0 Å². The van der Waals surface area contributed by atoms with Crippen molar-refractivity contribution in [2.75, 3.05) is 6.61 Å². The number of rotatable bonds is 1. The van der Waals surface area contributed by atoms with Gasteiger partial charge in [-0.1, -0.05) is 0 Å². The normalized spacial score (nSPS) is 21.8. The molecule has 0 bridgehead atoms. The van der Waals surface area contributed by atoms with Gasteiger partial charge in [0.1, 0.15) is 6.04 Å². The van der Waals surface area contributed by atoms with Crippen LogP contribution in [0.4, 0.5) is 31.1 Å². The minimum absolute atomic E-state index is 0.118. The van der Waals surface area contributed by atoms with E-state index in [0.717, 1.165) is 0 Å². The Hall–Kier alpha value is -1.93. The van der Waals surface area contributed by atoms with E-state index in [0.29, 0.717) is 0 Å². The molecule has 3 nitrogen and oxygen atoms in total. The third-order valence-electron chi connectivity index (χ3n) is 2.51. The molecule has 1 fully saturated rings. The molecule has 9 heteroatoms. The van der Waals surface area contributed by atoms with E-state index in [1.165, 1.54) is 5.32 Å². The predicted molar refractivity (Wildman–Crippen MR) is 48.4 cm³/mol. The zero-order valence-corrected chi connectivity index (χ0v) is 8.95. The Balaban J connectivity index is 2.59. The number of benzene rings is 1. The summed E-state index contributed by atoms with van der Waals surface area (Å²) < 4.78 is 83.5. The zero-order valence-electron chi connectivity index (χ0n) is 8.95. The summed E-state index contributed by atoms with van der Waals surface area (Å²) in [5.74, 6) is -11.6. The second-order valence-electron chi connectivity index (χ2n) is 3.80. The fourth-order valence-corrected chi connectivity index (χ4v) is 1.64. The van der Waals surface area contributed by atoms with Crippen LogP contribution in [0.1, 0.15) is 11.6 Å². The Morgan fingerprint density at radius 3 is 2.21 bits per heavy atom. The van der Waals surface area contributed by atoms with Crippen LogP contribution < -0.4 is 5.32 Å². The maximum absolute atomic E-state index is 13.4. The Bertz CT molecular complexity index is 521. The van der Waals surface area contributed by atoms with E-state index in [9.17, 15) is 31.1 Å². The van der Waals surface area contributed by atoms with Crippen LogP contribution in [0.5, 0.6) is 0 Å². The molecular formula is C10H5F6NO2. The van der Waals surface area contributed by atoms with Crippen molar-refractivity contribution in [3.63, 3.8) is 0 Å². The van der Waals surface area contributed by atoms with Crippen molar-refractivity contribution in [1.82, 2.24) is 5.32 Å². The van der Waals surface area contributed by atoms with Crippen molar-refractivity contribution in [3.05, 3.63) is 34.9 Å². The molecule has 1 atom stereocenters. The molecule has 1 aromatic rings. The monoisotopic (exact) mass is 285 g/mol. The number of carbonyl (C=O) groups is 1. The highest BCUT2D eigenvalue weighted by Gasteiger charge is 2.49. The average Bonchev–Trinajstić information content (AvgIpc) is 2.32. The Kier molecular flexibility index (Phi) is 3.07. The van der Waals surface area contributed by atoms with Gasteiger partial charge in [-0.05, 0) is 0 Å². The number of alkyl halides is 2. The summed E-state index contributed by atoms with van der Waals surface area (Å²) in [7, 11) is 0. The second-order valence-corrected chi connectivity index (χ2v) is 3.80. The summed E-state index contributed by atoms with van der Waals surface area (Å²) in [6.45, 7) is -1.46. The first-order valence-corrected chi connectivity index (χ1v) is 4.88. The Morgan fingerprint density at radius 2 is 1.68 bits per heavy atom. The molecule has 104 valence electrons. The molecule has 1 aliphatic heterocycles. The molecule has 0 spiro atoms. The van der Waals surface area contributed by atoms with Crippen molar-refractivity contribution in [3.8, 4) is 0 Å². The van der Waals surface area contributed by atoms with E-state index in [1.54, 1.807) is 0 Å². The van der Waals surface area contributed by atoms with Gasteiger partial charge in [-0.25, -0.2) is 31.1 Å². The lowest BCUT2D eigenvalue weighted by Gasteiger charge is -2.32. The molecule has 0 unspecified atom stereocenters. The summed E-state index contributed by atoms with van der Waals surface area (Å²) >= 11 is 0.